The fourth-order valence-corrected chi connectivity index (χ4v) is 5.35. The number of esters is 1. The van der Waals surface area contributed by atoms with Crippen LogP contribution in [0.25, 0.3) is 0 Å². The second kappa shape index (κ2) is 13.2. The number of carbonyl (C=O) groups is 1. The number of piperazine rings is 1. The summed E-state index contributed by atoms with van der Waals surface area (Å²) < 4.78 is 6.03. The lowest BCUT2D eigenvalue weighted by atomic mass is 9.96. The minimum Gasteiger partial charge on any atom is -0.457 e. The van der Waals surface area contributed by atoms with E-state index in [0.717, 1.165) is 50.3 Å². The minimum atomic E-state index is -0.244. The highest BCUT2D eigenvalue weighted by atomic mass is 16.5. The molecule has 1 saturated heterocycles. The molecule has 1 aliphatic heterocycles. The van der Waals surface area contributed by atoms with E-state index >= 15 is 0 Å². The Hall–Kier alpha value is -3.73. The number of hydrogen-bond acceptors (Lipinski definition) is 4. The normalized spacial score (nSPS) is 15.3. The van der Waals surface area contributed by atoms with E-state index in [2.05, 4.69) is 82.6 Å². The molecule has 4 aromatic carbocycles. The fourth-order valence-electron chi connectivity index (χ4n) is 5.35. The van der Waals surface area contributed by atoms with E-state index in [4.69, 9.17) is 4.74 Å². The summed E-state index contributed by atoms with van der Waals surface area (Å²) in [5, 5.41) is 0. The Morgan fingerprint density at radius 1 is 0.632 bits per heavy atom. The lowest BCUT2D eigenvalue weighted by molar-refractivity contribution is -0.149. The molecule has 1 aliphatic rings. The average molecular weight is 505 g/mol. The third kappa shape index (κ3) is 6.97. The van der Waals surface area contributed by atoms with Gasteiger partial charge in [-0.1, -0.05) is 121 Å². The van der Waals surface area contributed by atoms with Gasteiger partial charge in [-0.05, 0) is 22.3 Å². The van der Waals surface area contributed by atoms with E-state index in [9.17, 15) is 4.79 Å². The molecule has 4 nitrogen and oxygen atoms in total. The van der Waals surface area contributed by atoms with E-state index < -0.39 is 0 Å². The van der Waals surface area contributed by atoms with Crippen LogP contribution in [0.15, 0.2) is 121 Å². The van der Waals surface area contributed by atoms with Gasteiger partial charge >= 0.3 is 5.97 Å². The first kappa shape index (κ1) is 25.9. The molecule has 1 heterocycles. The fraction of sp³-hybridized carbons (Fsp3) is 0.265. The van der Waals surface area contributed by atoms with Gasteiger partial charge in [-0.25, -0.2) is 0 Å². The molecule has 5 rings (SSSR count). The number of benzene rings is 4. The van der Waals surface area contributed by atoms with Crippen LogP contribution in [0.5, 0.6) is 0 Å². The summed E-state index contributed by atoms with van der Waals surface area (Å²) in [6, 6.07) is 41.8. The van der Waals surface area contributed by atoms with Crippen LogP contribution in [-0.2, 0) is 16.0 Å². The van der Waals surface area contributed by atoms with Crippen molar-refractivity contribution in [2.45, 2.75) is 25.0 Å². The smallest absolute Gasteiger partial charge is 0.310 e. The molecular weight excluding hydrogens is 468 g/mol. The zero-order chi connectivity index (χ0) is 26.0. The highest BCUT2D eigenvalue weighted by Crippen LogP contribution is 2.30. The Bertz CT molecular complexity index is 1200. The summed E-state index contributed by atoms with van der Waals surface area (Å²) in [7, 11) is 0. The average Bonchev–Trinajstić information content (AvgIpc) is 2.98. The Morgan fingerprint density at radius 3 is 1.63 bits per heavy atom. The number of hydrogen-bond donors (Lipinski definition) is 0. The molecule has 0 saturated carbocycles. The van der Waals surface area contributed by atoms with Crippen LogP contribution in [0.1, 0.15) is 40.8 Å². The highest BCUT2D eigenvalue weighted by molar-refractivity contribution is 5.72. The topological polar surface area (TPSA) is 32.8 Å². The molecular formula is C34H36N2O2. The van der Waals surface area contributed by atoms with Gasteiger partial charge in [0.25, 0.3) is 0 Å². The molecule has 0 bridgehead atoms. The maximum absolute atomic E-state index is 12.8. The number of nitrogens with zero attached hydrogens (tertiary/aromatic N) is 2. The molecule has 0 radical (unpaired) electrons. The Morgan fingerprint density at radius 2 is 1.11 bits per heavy atom. The van der Waals surface area contributed by atoms with Gasteiger partial charge in [-0.2, -0.15) is 0 Å². The third-order valence-corrected chi connectivity index (χ3v) is 7.35. The van der Waals surface area contributed by atoms with Gasteiger partial charge in [0.15, 0.2) is 0 Å². The third-order valence-electron chi connectivity index (χ3n) is 7.35. The van der Waals surface area contributed by atoms with E-state index in [-0.39, 0.29) is 18.1 Å². The molecule has 1 fully saturated rings. The van der Waals surface area contributed by atoms with Crippen molar-refractivity contribution in [1.29, 1.82) is 0 Å². The summed E-state index contributed by atoms with van der Waals surface area (Å²) in [5.74, 6) is -0.177. The monoisotopic (exact) mass is 504 g/mol. The summed E-state index contributed by atoms with van der Waals surface area (Å²) in [5.41, 5.74) is 4.70. The standard InChI is InChI=1S/C34H36N2O2/c37-33(27-28-13-5-1-6-14-28)38-32(29-15-7-2-8-16-29)21-22-35-23-25-36(26-24-35)34(30-17-9-3-10-18-30)31-19-11-4-12-20-31/h1-20,32,34H,21-27H2. The summed E-state index contributed by atoms with van der Waals surface area (Å²) in [4.78, 5) is 17.9. The lowest BCUT2D eigenvalue weighted by Crippen LogP contribution is -2.48. The van der Waals surface area contributed by atoms with Crippen molar-refractivity contribution in [3.63, 3.8) is 0 Å². The van der Waals surface area contributed by atoms with Crippen LogP contribution in [-0.4, -0.2) is 48.5 Å². The lowest BCUT2D eigenvalue weighted by Gasteiger charge is -2.40. The minimum absolute atomic E-state index is 0.177. The number of ether oxygens (including phenoxy) is 1. The van der Waals surface area contributed by atoms with Crippen LogP contribution < -0.4 is 0 Å². The molecule has 0 amide bonds. The number of rotatable bonds is 10. The first-order chi connectivity index (χ1) is 18.8. The molecule has 4 heteroatoms. The van der Waals surface area contributed by atoms with Crippen molar-refractivity contribution in [2.75, 3.05) is 32.7 Å². The van der Waals surface area contributed by atoms with Gasteiger partial charge in [0.05, 0.1) is 12.5 Å². The predicted octanol–water partition coefficient (Wildman–Crippen LogP) is 6.31. The maximum atomic E-state index is 12.8. The molecule has 4 aromatic rings. The largest absolute Gasteiger partial charge is 0.457 e. The summed E-state index contributed by atoms with van der Waals surface area (Å²) in [6.07, 6.45) is 0.834. The molecule has 0 aromatic heterocycles. The molecule has 0 aliphatic carbocycles. The highest BCUT2D eigenvalue weighted by Gasteiger charge is 2.27. The Kier molecular flexibility index (Phi) is 8.98. The van der Waals surface area contributed by atoms with Crippen LogP contribution in [0.2, 0.25) is 0 Å². The second-order valence-electron chi connectivity index (χ2n) is 9.94. The van der Waals surface area contributed by atoms with Gasteiger partial charge in [0, 0.05) is 39.1 Å². The van der Waals surface area contributed by atoms with Gasteiger partial charge < -0.3 is 9.64 Å². The second-order valence-corrected chi connectivity index (χ2v) is 9.94. The van der Waals surface area contributed by atoms with Crippen molar-refractivity contribution < 1.29 is 9.53 Å². The maximum Gasteiger partial charge on any atom is 0.310 e. The van der Waals surface area contributed by atoms with E-state index in [1.807, 2.05) is 48.5 Å². The van der Waals surface area contributed by atoms with Crippen molar-refractivity contribution in [3.8, 4) is 0 Å². The molecule has 194 valence electrons. The van der Waals surface area contributed by atoms with E-state index in [1.54, 1.807) is 0 Å². The first-order valence-electron chi connectivity index (χ1n) is 13.6. The molecule has 38 heavy (non-hydrogen) atoms. The molecule has 1 atom stereocenters. The SMILES string of the molecule is O=C(Cc1ccccc1)OC(CCN1CCN(C(c2ccccc2)c2ccccc2)CC1)c1ccccc1. The molecule has 0 spiro atoms. The Balaban J connectivity index is 1.20. The van der Waals surface area contributed by atoms with Crippen molar-refractivity contribution >= 4 is 5.97 Å². The molecule has 1 unspecified atom stereocenters. The van der Waals surface area contributed by atoms with E-state index in [1.165, 1.54) is 11.1 Å². The van der Waals surface area contributed by atoms with E-state index in [0.29, 0.717) is 6.42 Å². The van der Waals surface area contributed by atoms with Crippen LogP contribution in [0.3, 0.4) is 0 Å². The van der Waals surface area contributed by atoms with Crippen molar-refractivity contribution in [3.05, 3.63) is 144 Å². The summed E-state index contributed by atoms with van der Waals surface area (Å²) >= 11 is 0. The van der Waals surface area contributed by atoms with Gasteiger partial charge in [-0.3, -0.25) is 9.69 Å². The zero-order valence-corrected chi connectivity index (χ0v) is 21.9. The van der Waals surface area contributed by atoms with Crippen LogP contribution in [0.4, 0.5) is 0 Å². The zero-order valence-electron chi connectivity index (χ0n) is 21.9. The van der Waals surface area contributed by atoms with Crippen LogP contribution >= 0.6 is 0 Å². The van der Waals surface area contributed by atoms with Gasteiger partial charge in [0.2, 0.25) is 0 Å². The number of carbonyl (C=O) groups excluding carboxylic acids is 1. The Labute approximate surface area is 226 Å². The van der Waals surface area contributed by atoms with Crippen molar-refractivity contribution in [2.24, 2.45) is 0 Å². The van der Waals surface area contributed by atoms with Gasteiger partial charge in [-0.15, -0.1) is 0 Å². The molecule has 0 N–H and O–H groups in total. The summed E-state index contributed by atoms with van der Waals surface area (Å²) in [6.45, 7) is 4.88. The van der Waals surface area contributed by atoms with Crippen molar-refractivity contribution in [1.82, 2.24) is 9.80 Å². The van der Waals surface area contributed by atoms with Crippen LogP contribution in [0, 0.1) is 0 Å². The van der Waals surface area contributed by atoms with Gasteiger partial charge in [0.1, 0.15) is 6.10 Å². The predicted molar refractivity (Wildman–Crippen MR) is 153 cm³/mol. The first-order valence-corrected chi connectivity index (χ1v) is 13.6. The quantitative estimate of drug-likeness (QED) is 0.237.